The molecule has 0 spiro atoms. The van der Waals surface area contributed by atoms with Crippen LogP contribution in [-0.4, -0.2) is 10.9 Å². The Bertz CT molecular complexity index is 691. The van der Waals surface area contributed by atoms with Gasteiger partial charge in [-0.3, -0.25) is 9.59 Å². The average Bonchev–Trinajstić information content (AvgIpc) is 3.00. The second-order valence-corrected chi connectivity index (χ2v) is 6.73. The number of fused-ring (bicyclic) bond motifs is 1. The third-order valence-electron chi connectivity index (χ3n) is 4.07. The standard InChI is InChI=1S/C17H20N2O2S/c20-16(8-1-4-12-5-3-11-22-12)18-14-6-2-7-15-13(14)9-10-17(21)19-15/h3,5,9-11,14H,1-2,4,6-8H2,(H,18,20)(H,19,21)/t14-/m0/s1. The van der Waals surface area contributed by atoms with E-state index in [4.69, 9.17) is 0 Å². The van der Waals surface area contributed by atoms with Crippen molar-refractivity contribution in [2.45, 2.75) is 44.6 Å². The maximum absolute atomic E-state index is 12.1. The van der Waals surface area contributed by atoms with Crippen LogP contribution in [0, 0.1) is 0 Å². The fourth-order valence-corrected chi connectivity index (χ4v) is 3.75. The van der Waals surface area contributed by atoms with Gasteiger partial charge in [0.15, 0.2) is 0 Å². The molecular weight excluding hydrogens is 296 g/mol. The Hall–Kier alpha value is -1.88. The molecule has 1 amide bonds. The monoisotopic (exact) mass is 316 g/mol. The summed E-state index contributed by atoms with van der Waals surface area (Å²) in [6, 6.07) is 7.58. The highest BCUT2D eigenvalue weighted by Crippen LogP contribution is 2.27. The zero-order chi connectivity index (χ0) is 15.4. The fraction of sp³-hybridized carbons (Fsp3) is 0.412. The number of aromatic amines is 1. The second kappa shape index (κ2) is 6.92. The molecule has 5 heteroatoms. The Kier molecular flexibility index (Phi) is 4.73. The minimum atomic E-state index is -0.0679. The van der Waals surface area contributed by atoms with E-state index >= 15 is 0 Å². The predicted octanol–water partition coefficient (Wildman–Crippen LogP) is 2.95. The Morgan fingerprint density at radius 1 is 1.36 bits per heavy atom. The number of carbonyl (C=O) groups is 1. The van der Waals surface area contributed by atoms with Crippen molar-refractivity contribution in [1.29, 1.82) is 0 Å². The number of pyridine rings is 1. The molecule has 0 saturated heterocycles. The number of hydrogen-bond acceptors (Lipinski definition) is 3. The number of nitrogens with one attached hydrogen (secondary N) is 2. The highest BCUT2D eigenvalue weighted by Gasteiger charge is 2.22. The lowest BCUT2D eigenvalue weighted by Gasteiger charge is -2.25. The molecule has 1 aliphatic carbocycles. The van der Waals surface area contributed by atoms with Gasteiger partial charge in [0.1, 0.15) is 0 Å². The number of H-pyrrole nitrogens is 1. The first-order valence-electron chi connectivity index (χ1n) is 7.76. The van der Waals surface area contributed by atoms with Crippen LogP contribution >= 0.6 is 11.3 Å². The molecule has 2 aromatic rings. The van der Waals surface area contributed by atoms with Crippen LogP contribution < -0.4 is 10.9 Å². The molecule has 2 aromatic heterocycles. The molecule has 0 radical (unpaired) electrons. The highest BCUT2D eigenvalue weighted by atomic mass is 32.1. The number of rotatable bonds is 5. The minimum Gasteiger partial charge on any atom is -0.349 e. The summed E-state index contributed by atoms with van der Waals surface area (Å²) in [6.07, 6.45) is 5.20. The van der Waals surface area contributed by atoms with Crippen LogP contribution in [0.1, 0.15) is 47.9 Å². The van der Waals surface area contributed by atoms with Crippen molar-refractivity contribution in [3.05, 3.63) is 56.1 Å². The third kappa shape index (κ3) is 3.65. The molecular formula is C17H20N2O2S. The lowest BCUT2D eigenvalue weighted by molar-refractivity contribution is -0.122. The van der Waals surface area contributed by atoms with Crippen molar-refractivity contribution in [3.8, 4) is 0 Å². The van der Waals surface area contributed by atoms with Crippen molar-refractivity contribution in [2.24, 2.45) is 0 Å². The average molecular weight is 316 g/mol. The normalized spacial score (nSPS) is 17.0. The van der Waals surface area contributed by atoms with E-state index in [1.165, 1.54) is 4.88 Å². The lowest BCUT2D eigenvalue weighted by Crippen LogP contribution is -2.32. The summed E-state index contributed by atoms with van der Waals surface area (Å²) in [4.78, 5) is 27.7. The van der Waals surface area contributed by atoms with Crippen molar-refractivity contribution >= 4 is 17.2 Å². The summed E-state index contributed by atoms with van der Waals surface area (Å²) in [5, 5.41) is 5.18. The Morgan fingerprint density at radius 3 is 3.09 bits per heavy atom. The van der Waals surface area contributed by atoms with Gasteiger partial charge in [0, 0.05) is 23.1 Å². The van der Waals surface area contributed by atoms with Gasteiger partial charge in [-0.05, 0) is 55.2 Å². The van der Waals surface area contributed by atoms with Gasteiger partial charge in [-0.2, -0.15) is 0 Å². The first kappa shape index (κ1) is 15.0. The molecule has 22 heavy (non-hydrogen) atoms. The Labute approximate surface area is 133 Å². The van der Waals surface area contributed by atoms with Crippen molar-refractivity contribution in [2.75, 3.05) is 0 Å². The van der Waals surface area contributed by atoms with Crippen LogP contribution in [-0.2, 0) is 17.6 Å². The summed E-state index contributed by atoms with van der Waals surface area (Å²) >= 11 is 1.74. The zero-order valence-electron chi connectivity index (χ0n) is 12.4. The van der Waals surface area contributed by atoms with Crippen molar-refractivity contribution < 1.29 is 4.79 Å². The van der Waals surface area contributed by atoms with E-state index in [-0.39, 0.29) is 17.5 Å². The van der Waals surface area contributed by atoms with Gasteiger partial charge in [-0.15, -0.1) is 11.3 Å². The van der Waals surface area contributed by atoms with E-state index in [9.17, 15) is 9.59 Å². The molecule has 0 unspecified atom stereocenters. The van der Waals surface area contributed by atoms with E-state index in [0.29, 0.717) is 6.42 Å². The zero-order valence-corrected chi connectivity index (χ0v) is 13.2. The van der Waals surface area contributed by atoms with Crippen LogP contribution in [0.2, 0.25) is 0 Å². The van der Waals surface area contributed by atoms with E-state index in [0.717, 1.165) is 43.4 Å². The summed E-state index contributed by atoms with van der Waals surface area (Å²) in [6.45, 7) is 0. The molecule has 0 aliphatic heterocycles. The number of hydrogen-bond donors (Lipinski definition) is 2. The topological polar surface area (TPSA) is 62.0 Å². The SMILES string of the molecule is O=C(CCCc1cccs1)N[C@H]1CCCc2[nH]c(=O)ccc21. The first-order valence-corrected chi connectivity index (χ1v) is 8.64. The van der Waals surface area contributed by atoms with Gasteiger partial charge in [0.25, 0.3) is 0 Å². The van der Waals surface area contributed by atoms with Crippen LogP contribution in [0.3, 0.4) is 0 Å². The third-order valence-corrected chi connectivity index (χ3v) is 5.01. The molecule has 0 aromatic carbocycles. The van der Waals surface area contributed by atoms with E-state index < -0.39 is 0 Å². The lowest BCUT2D eigenvalue weighted by atomic mass is 9.91. The molecule has 1 atom stereocenters. The molecule has 1 aliphatic rings. The maximum atomic E-state index is 12.1. The molecule has 2 heterocycles. The Balaban J connectivity index is 1.55. The number of aromatic nitrogens is 1. The maximum Gasteiger partial charge on any atom is 0.248 e. The molecule has 116 valence electrons. The van der Waals surface area contributed by atoms with Gasteiger partial charge in [0.2, 0.25) is 11.5 Å². The summed E-state index contributed by atoms with van der Waals surface area (Å²) in [5.74, 6) is 0.0978. The Morgan fingerprint density at radius 2 is 2.27 bits per heavy atom. The molecule has 2 N–H and O–H groups in total. The fourth-order valence-electron chi connectivity index (χ4n) is 2.99. The first-order chi connectivity index (χ1) is 10.7. The van der Waals surface area contributed by atoms with Crippen molar-refractivity contribution in [3.63, 3.8) is 0 Å². The van der Waals surface area contributed by atoms with Crippen LogP contribution in [0.25, 0.3) is 0 Å². The van der Waals surface area contributed by atoms with Gasteiger partial charge < -0.3 is 10.3 Å². The number of amides is 1. The van der Waals surface area contributed by atoms with Crippen LogP contribution in [0.5, 0.6) is 0 Å². The second-order valence-electron chi connectivity index (χ2n) is 5.70. The van der Waals surface area contributed by atoms with Gasteiger partial charge in [-0.25, -0.2) is 0 Å². The summed E-state index contributed by atoms with van der Waals surface area (Å²) in [7, 11) is 0. The summed E-state index contributed by atoms with van der Waals surface area (Å²) in [5.41, 5.74) is 1.97. The van der Waals surface area contributed by atoms with Gasteiger partial charge in [-0.1, -0.05) is 6.07 Å². The van der Waals surface area contributed by atoms with E-state index in [1.807, 2.05) is 12.1 Å². The summed E-state index contributed by atoms with van der Waals surface area (Å²) < 4.78 is 0. The smallest absolute Gasteiger partial charge is 0.248 e. The largest absolute Gasteiger partial charge is 0.349 e. The van der Waals surface area contributed by atoms with Gasteiger partial charge >= 0.3 is 0 Å². The molecule has 0 bridgehead atoms. The number of aryl methyl sites for hydroxylation is 2. The molecule has 3 rings (SSSR count). The molecule has 0 fully saturated rings. The minimum absolute atomic E-state index is 0.0369. The highest BCUT2D eigenvalue weighted by molar-refractivity contribution is 7.09. The number of thiophene rings is 1. The van der Waals surface area contributed by atoms with Crippen LogP contribution in [0.15, 0.2) is 34.4 Å². The van der Waals surface area contributed by atoms with E-state index in [1.54, 1.807) is 17.4 Å². The molecule has 4 nitrogen and oxygen atoms in total. The van der Waals surface area contributed by atoms with Gasteiger partial charge in [0.05, 0.1) is 6.04 Å². The van der Waals surface area contributed by atoms with Crippen molar-refractivity contribution in [1.82, 2.24) is 10.3 Å². The molecule has 0 saturated carbocycles. The number of carbonyl (C=O) groups excluding carboxylic acids is 1. The quantitative estimate of drug-likeness (QED) is 0.891. The predicted molar refractivity (Wildman–Crippen MR) is 88.1 cm³/mol. The van der Waals surface area contributed by atoms with Crippen LogP contribution in [0.4, 0.5) is 0 Å². The van der Waals surface area contributed by atoms with E-state index in [2.05, 4.69) is 21.7 Å².